The van der Waals surface area contributed by atoms with E-state index in [2.05, 4.69) is 32.0 Å². The number of nitrogens with one attached hydrogen (secondary N) is 1. The Morgan fingerprint density at radius 2 is 1.92 bits per heavy atom. The van der Waals surface area contributed by atoms with Gasteiger partial charge in [0.15, 0.2) is 0 Å². The molecule has 6 nitrogen and oxygen atoms in total. The minimum absolute atomic E-state index is 0.168. The zero-order chi connectivity index (χ0) is 17.6. The van der Waals surface area contributed by atoms with Gasteiger partial charge in [0.2, 0.25) is 5.95 Å². The minimum Gasteiger partial charge on any atom is -0.347 e. The maximum absolute atomic E-state index is 12.4. The van der Waals surface area contributed by atoms with Crippen molar-refractivity contribution in [2.24, 2.45) is 0 Å². The molecule has 25 heavy (non-hydrogen) atoms. The first kappa shape index (κ1) is 17.4. The highest BCUT2D eigenvalue weighted by molar-refractivity contribution is 5.92. The molecule has 1 fully saturated rings. The molecule has 0 radical (unpaired) electrons. The van der Waals surface area contributed by atoms with Crippen LogP contribution in [0.1, 0.15) is 28.5 Å². The number of anilines is 1. The van der Waals surface area contributed by atoms with Gasteiger partial charge in [0, 0.05) is 38.9 Å². The van der Waals surface area contributed by atoms with Crippen molar-refractivity contribution in [2.75, 3.05) is 37.6 Å². The maximum Gasteiger partial charge on any atom is 0.270 e. The number of aromatic nitrogens is 2. The van der Waals surface area contributed by atoms with E-state index in [1.54, 1.807) is 12.3 Å². The Morgan fingerprint density at radius 3 is 2.64 bits per heavy atom. The van der Waals surface area contributed by atoms with Gasteiger partial charge < -0.3 is 15.1 Å². The molecular formula is C19H25N5O. The molecule has 2 aromatic rings. The molecule has 1 amide bonds. The van der Waals surface area contributed by atoms with Crippen molar-refractivity contribution in [3.8, 4) is 0 Å². The first-order valence-electron chi connectivity index (χ1n) is 8.80. The van der Waals surface area contributed by atoms with Crippen LogP contribution in [0.5, 0.6) is 0 Å². The molecule has 2 heterocycles. The Hall–Kier alpha value is -2.47. The fraction of sp³-hybridized carbons (Fsp3) is 0.421. The van der Waals surface area contributed by atoms with Crippen LogP contribution in [-0.4, -0.2) is 53.5 Å². The Morgan fingerprint density at radius 1 is 1.16 bits per heavy atom. The summed E-state index contributed by atoms with van der Waals surface area (Å²) in [4.78, 5) is 25.8. The van der Waals surface area contributed by atoms with Crippen molar-refractivity contribution in [2.45, 2.75) is 20.4 Å². The monoisotopic (exact) mass is 339 g/mol. The lowest BCUT2D eigenvalue weighted by molar-refractivity contribution is 0.0945. The number of aryl methyl sites for hydroxylation is 1. The highest BCUT2D eigenvalue weighted by Crippen LogP contribution is 2.12. The number of carbonyl (C=O) groups is 1. The van der Waals surface area contributed by atoms with E-state index in [-0.39, 0.29) is 5.91 Å². The fourth-order valence-corrected chi connectivity index (χ4v) is 2.97. The van der Waals surface area contributed by atoms with Gasteiger partial charge in [-0.05, 0) is 30.7 Å². The second-order valence-corrected chi connectivity index (χ2v) is 6.27. The van der Waals surface area contributed by atoms with Crippen LogP contribution in [0.3, 0.4) is 0 Å². The maximum atomic E-state index is 12.4. The largest absolute Gasteiger partial charge is 0.347 e. The zero-order valence-corrected chi connectivity index (χ0v) is 14.9. The van der Waals surface area contributed by atoms with Gasteiger partial charge in [0.25, 0.3) is 5.91 Å². The molecule has 0 bridgehead atoms. The summed E-state index contributed by atoms with van der Waals surface area (Å²) in [5.41, 5.74) is 2.69. The van der Waals surface area contributed by atoms with Gasteiger partial charge in [-0.3, -0.25) is 4.79 Å². The lowest BCUT2D eigenvalue weighted by Crippen LogP contribution is -2.46. The topological polar surface area (TPSA) is 61.4 Å². The summed E-state index contributed by atoms with van der Waals surface area (Å²) in [7, 11) is 0. The van der Waals surface area contributed by atoms with Gasteiger partial charge in [-0.25, -0.2) is 9.97 Å². The van der Waals surface area contributed by atoms with Gasteiger partial charge in [0.1, 0.15) is 5.69 Å². The van der Waals surface area contributed by atoms with Gasteiger partial charge in [-0.2, -0.15) is 0 Å². The quantitative estimate of drug-likeness (QED) is 0.901. The van der Waals surface area contributed by atoms with E-state index < -0.39 is 0 Å². The molecule has 132 valence electrons. The summed E-state index contributed by atoms with van der Waals surface area (Å²) in [6.07, 6.45) is 1.66. The first-order chi connectivity index (χ1) is 12.2. The molecule has 1 aromatic carbocycles. The summed E-state index contributed by atoms with van der Waals surface area (Å²) >= 11 is 0. The van der Waals surface area contributed by atoms with Crippen LogP contribution in [0, 0.1) is 6.92 Å². The normalized spacial score (nSPS) is 15.2. The molecule has 1 N–H and O–H groups in total. The van der Waals surface area contributed by atoms with Gasteiger partial charge >= 0.3 is 0 Å². The van der Waals surface area contributed by atoms with Crippen LogP contribution in [0.15, 0.2) is 36.5 Å². The molecule has 0 aliphatic carbocycles. The number of hydrogen-bond donors (Lipinski definition) is 1. The van der Waals surface area contributed by atoms with Crippen LogP contribution < -0.4 is 10.2 Å². The average molecular weight is 339 g/mol. The van der Waals surface area contributed by atoms with Gasteiger partial charge in [0.05, 0.1) is 0 Å². The smallest absolute Gasteiger partial charge is 0.270 e. The predicted octanol–water partition coefficient (Wildman–Crippen LogP) is 1.86. The van der Waals surface area contributed by atoms with Crippen LogP contribution in [-0.2, 0) is 6.54 Å². The summed E-state index contributed by atoms with van der Waals surface area (Å²) in [5.74, 6) is 0.471. The third-order valence-corrected chi connectivity index (χ3v) is 4.68. The molecule has 0 saturated carbocycles. The fourth-order valence-electron chi connectivity index (χ4n) is 2.97. The Kier molecular flexibility index (Phi) is 5.60. The number of rotatable bonds is 5. The number of piperazine rings is 1. The number of nitrogens with zero attached hydrogens (tertiary/aromatic N) is 4. The third kappa shape index (κ3) is 4.33. The van der Waals surface area contributed by atoms with Gasteiger partial charge in [-0.15, -0.1) is 0 Å². The standard InChI is InChI=1S/C19H25N5O/c1-3-23-10-12-24(13-11-23)19-20-9-8-17(22-19)18(25)21-14-16-7-5-4-6-15(16)2/h4-9H,3,10-14H2,1-2H3,(H,21,25). The van der Waals surface area contributed by atoms with Crippen LogP contribution in [0.2, 0.25) is 0 Å². The second kappa shape index (κ2) is 8.07. The lowest BCUT2D eigenvalue weighted by atomic mass is 10.1. The number of carbonyl (C=O) groups excluding carboxylic acids is 1. The third-order valence-electron chi connectivity index (χ3n) is 4.68. The minimum atomic E-state index is -0.168. The Bertz CT molecular complexity index is 725. The van der Waals surface area contributed by atoms with E-state index in [9.17, 15) is 4.79 Å². The summed E-state index contributed by atoms with van der Waals surface area (Å²) in [6, 6.07) is 9.70. The van der Waals surface area contributed by atoms with Gasteiger partial charge in [-0.1, -0.05) is 31.2 Å². The first-order valence-corrected chi connectivity index (χ1v) is 8.80. The lowest BCUT2D eigenvalue weighted by Gasteiger charge is -2.34. The van der Waals surface area contributed by atoms with E-state index in [0.29, 0.717) is 18.2 Å². The van der Waals surface area contributed by atoms with Crippen LogP contribution >= 0.6 is 0 Å². The molecule has 0 atom stereocenters. The van der Waals surface area contributed by atoms with Crippen molar-refractivity contribution < 1.29 is 4.79 Å². The molecular weight excluding hydrogens is 314 g/mol. The number of likely N-dealkylation sites (N-methyl/N-ethyl adjacent to an activating group) is 1. The van der Waals surface area contributed by atoms with Crippen molar-refractivity contribution in [1.29, 1.82) is 0 Å². The summed E-state index contributed by atoms with van der Waals surface area (Å²) < 4.78 is 0. The summed E-state index contributed by atoms with van der Waals surface area (Å²) in [6.45, 7) is 9.57. The summed E-state index contributed by atoms with van der Waals surface area (Å²) in [5, 5.41) is 2.95. The van der Waals surface area contributed by atoms with E-state index in [1.807, 2.05) is 31.2 Å². The Balaban J connectivity index is 1.63. The van der Waals surface area contributed by atoms with E-state index >= 15 is 0 Å². The molecule has 0 unspecified atom stereocenters. The predicted molar refractivity (Wildman–Crippen MR) is 98.7 cm³/mol. The van der Waals surface area contributed by atoms with Crippen molar-refractivity contribution >= 4 is 11.9 Å². The van der Waals surface area contributed by atoms with E-state index in [0.717, 1.165) is 38.3 Å². The Labute approximate surface area is 148 Å². The highest BCUT2D eigenvalue weighted by Gasteiger charge is 2.19. The SMILES string of the molecule is CCN1CCN(c2nccc(C(=O)NCc3ccccc3C)n2)CC1. The van der Waals surface area contributed by atoms with Crippen molar-refractivity contribution in [3.63, 3.8) is 0 Å². The molecule has 0 spiro atoms. The second-order valence-electron chi connectivity index (χ2n) is 6.27. The number of hydrogen-bond acceptors (Lipinski definition) is 5. The zero-order valence-electron chi connectivity index (χ0n) is 14.9. The van der Waals surface area contributed by atoms with Crippen LogP contribution in [0.25, 0.3) is 0 Å². The van der Waals surface area contributed by atoms with Crippen molar-refractivity contribution in [1.82, 2.24) is 20.2 Å². The molecule has 1 saturated heterocycles. The van der Waals surface area contributed by atoms with Crippen LogP contribution in [0.4, 0.5) is 5.95 Å². The molecule has 1 aromatic heterocycles. The number of benzene rings is 1. The molecule has 6 heteroatoms. The van der Waals surface area contributed by atoms with Crippen molar-refractivity contribution in [3.05, 3.63) is 53.3 Å². The molecule has 3 rings (SSSR count). The average Bonchev–Trinajstić information content (AvgIpc) is 2.67. The van der Waals surface area contributed by atoms with E-state index in [4.69, 9.17) is 0 Å². The highest BCUT2D eigenvalue weighted by atomic mass is 16.1. The molecule has 1 aliphatic rings. The molecule has 1 aliphatic heterocycles. The number of amides is 1. The van der Waals surface area contributed by atoms with E-state index in [1.165, 1.54) is 5.56 Å².